The van der Waals surface area contributed by atoms with Gasteiger partial charge in [0.15, 0.2) is 0 Å². The number of hydrogen-bond acceptors (Lipinski definition) is 3. The third-order valence-electron chi connectivity index (χ3n) is 3.20. The average molecular weight is 249 g/mol. The van der Waals surface area contributed by atoms with E-state index in [1.54, 1.807) is 0 Å². The maximum absolute atomic E-state index is 11.6. The molecule has 0 amide bonds. The number of carbonyl (C=O) groups is 1. The Morgan fingerprint density at radius 1 is 1.33 bits per heavy atom. The first-order chi connectivity index (χ1) is 8.65. The summed E-state index contributed by atoms with van der Waals surface area (Å²) in [6.07, 6.45) is 3.22. The lowest BCUT2D eigenvalue weighted by molar-refractivity contribution is -0.145. The molecule has 1 aromatic carbocycles. The van der Waals surface area contributed by atoms with Crippen LogP contribution in [0.4, 0.5) is 5.69 Å². The second-order valence-electron chi connectivity index (χ2n) is 4.61. The quantitative estimate of drug-likeness (QED) is 0.596. The molecule has 0 aromatic heterocycles. The molecular formula is C15H23NO2. The maximum Gasteiger partial charge on any atom is 0.306 e. The summed E-state index contributed by atoms with van der Waals surface area (Å²) < 4.78 is 5.27. The van der Waals surface area contributed by atoms with Gasteiger partial charge in [-0.25, -0.2) is 0 Å². The van der Waals surface area contributed by atoms with Crippen LogP contribution in [-0.4, -0.2) is 12.6 Å². The summed E-state index contributed by atoms with van der Waals surface area (Å²) in [5, 5.41) is 0. The lowest BCUT2D eigenvalue weighted by Gasteiger charge is -2.12. The zero-order valence-electron chi connectivity index (χ0n) is 11.3. The van der Waals surface area contributed by atoms with Gasteiger partial charge in [-0.1, -0.05) is 38.8 Å². The van der Waals surface area contributed by atoms with E-state index in [1.165, 1.54) is 0 Å². The van der Waals surface area contributed by atoms with Crippen molar-refractivity contribution in [2.45, 2.75) is 39.5 Å². The van der Waals surface area contributed by atoms with Gasteiger partial charge in [-0.05, 0) is 30.0 Å². The van der Waals surface area contributed by atoms with Gasteiger partial charge in [0.05, 0.1) is 6.61 Å². The Labute approximate surface area is 109 Å². The summed E-state index contributed by atoms with van der Waals surface area (Å²) in [4.78, 5) is 11.6. The van der Waals surface area contributed by atoms with E-state index in [0.717, 1.165) is 24.1 Å². The highest BCUT2D eigenvalue weighted by atomic mass is 16.5. The van der Waals surface area contributed by atoms with Crippen molar-refractivity contribution in [3.63, 3.8) is 0 Å². The molecule has 0 unspecified atom stereocenters. The minimum atomic E-state index is -0.121. The lowest BCUT2D eigenvalue weighted by Crippen LogP contribution is -2.13. The van der Waals surface area contributed by atoms with Crippen LogP contribution < -0.4 is 5.73 Å². The summed E-state index contributed by atoms with van der Waals surface area (Å²) in [6.45, 7) is 4.78. The number of aryl methyl sites for hydroxylation is 1. The van der Waals surface area contributed by atoms with Crippen LogP contribution in [0, 0.1) is 5.92 Å². The van der Waals surface area contributed by atoms with E-state index < -0.39 is 0 Å². The molecule has 0 aliphatic rings. The maximum atomic E-state index is 11.6. The van der Waals surface area contributed by atoms with Crippen molar-refractivity contribution in [2.75, 3.05) is 12.3 Å². The van der Waals surface area contributed by atoms with Crippen molar-refractivity contribution < 1.29 is 9.53 Å². The SMILES string of the molecule is CCC(CC)COC(=O)CCc1cccc(N)c1. The smallest absolute Gasteiger partial charge is 0.306 e. The molecule has 0 aliphatic carbocycles. The Kier molecular flexibility index (Phi) is 6.26. The highest BCUT2D eigenvalue weighted by molar-refractivity contribution is 5.69. The standard InChI is InChI=1S/C15H23NO2/c1-3-12(4-2)11-18-15(17)9-8-13-6-5-7-14(16)10-13/h5-7,10,12H,3-4,8-9,11,16H2,1-2H3. The van der Waals surface area contributed by atoms with E-state index in [4.69, 9.17) is 10.5 Å². The summed E-state index contributed by atoms with van der Waals surface area (Å²) in [7, 11) is 0. The lowest BCUT2D eigenvalue weighted by atomic mass is 10.1. The van der Waals surface area contributed by atoms with Crippen LogP contribution >= 0.6 is 0 Å². The number of rotatable bonds is 7. The Balaban J connectivity index is 2.29. The zero-order valence-corrected chi connectivity index (χ0v) is 11.3. The molecule has 1 rings (SSSR count). The molecule has 3 heteroatoms. The molecule has 100 valence electrons. The number of esters is 1. The molecule has 0 saturated carbocycles. The molecule has 3 nitrogen and oxygen atoms in total. The second-order valence-corrected chi connectivity index (χ2v) is 4.61. The highest BCUT2D eigenvalue weighted by Gasteiger charge is 2.08. The summed E-state index contributed by atoms with van der Waals surface area (Å²) in [5.74, 6) is 0.366. The normalized spacial score (nSPS) is 10.6. The predicted molar refractivity (Wildman–Crippen MR) is 74.2 cm³/mol. The topological polar surface area (TPSA) is 52.3 Å². The summed E-state index contributed by atoms with van der Waals surface area (Å²) >= 11 is 0. The monoisotopic (exact) mass is 249 g/mol. The van der Waals surface area contributed by atoms with Crippen LogP contribution in [0.2, 0.25) is 0 Å². The van der Waals surface area contributed by atoms with Gasteiger partial charge in [0, 0.05) is 12.1 Å². The van der Waals surface area contributed by atoms with E-state index in [1.807, 2.05) is 24.3 Å². The third kappa shape index (κ3) is 5.21. The number of carbonyl (C=O) groups excluding carboxylic acids is 1. The fraction of sp³-hybridized carbons (Fsp3) is 0.533. The zero-order chi connectivity index (χ0) is 13.4. The molecular weight excluding hydrogens is 226 g/mol. The molecule has 18 heavy (non-hydrogen) atoms. The largest absolute Gasteiger partial charge is 0.465 e. The molecule has 0 atom stereocenters. The molecule has 0 fully saturated rings. The minimum Gasteiger partial charge on any atom is -0.465 e. The van der Waals surface area contributed by atoms with E-state index in [0.29, 0.717) is 25.4 Å². The Morgan fingerprint density at radius 3 is 2.67 bits per heavy atom. The van der Waals surface area contributed by atoms with Gasteiger partial charge in [-0.15, -0.1) is 0 Å². The summed E-state index contributed by atoms with van der Waals surface area (Å²) in [6, 6.07) is 7.62. The van der Waals surface area contributed by atoms with Crippen molar-refractivity contribution in [1.82, 2.24) is 0 Å². The molecule has 0 spiro atoms. The van der Waals surface area contributed by atoms with Gasteiger partial charge in [0.25, 0.3) is 0 Å². The first-order valence-electron chi connectivity index (χ1n) is 6.65. The van der Waals surface area contributed by atoms with Crippen molar-refractivity contribution in [2.24, 2.45) is 5.92 Å². The molecule has 0 heterocycles. The van der Waals surface area contributed by atoms with Crippen LogP contribution in [0.3, 0.4) is 0 Å². The van der Waals surface area contributed by atoms with Crippen LogP contribution in [-0.2, 0) is 16.0 Å². The van der Waals surface area contributed by atoms with Crippen molar-refractivity contribution in [3.05, 3.63) is 29.8 Å². The molecule has 0 saturated heterocycles. The number of benzene rings is 1. The van der Waals surface area contributed by atoms with Gasteiger partial charge < -0.3 is 10.5 Å². The molecule has 0 radical (unpaired) electrons. The minimum absolute atomic E-state index is 0.121. The van der Waals surface area contributed by atoms with Crippen LogP contribution in [0.5, 0.6) is 0 Å². The van der Waals surface area contributed by atoms with E-state index in [2.05, 4.69) is 13.8 Å². The Morgan fingerprint density at radius 2 is 2.06 bits per heavy atom. The first-order valence-corrected chi connectivity index (χ1v) is 6.65. The summed E-state index contributed by atoms with van der Waals surface area (Å²) in [5.41, 5.74) is 7.50. The number of ether oxygens (including phenoxy) is 1. The van der Waals surface area contributed by atoms with Gasteiger partial charge in [0.2, 0.25) is 0 Å². The fourth-order valence-electron chi connectivity index (χ4n) is 1.80. The first kappa shape index (κ1) is 14.6. The Bertz CT molecular complexity index is 373. The van der Waals surface area contributed by atoms with Gasteiger partial charge in [0.1, 0.15) is 0 Å². The van der Waals surface area contributed by atoms with Crippen molar-refractivity contribution in [3.8, 4) is 0 Å². The van der Waals surface area contributed by atoms with Crippen molar-refractivity contribution >= 4 is 11.7 Å². The highest BCUT2D eigenvalue weighted by Crippen LogP contribution is 2.11. The van der Waals surface area contributed by atoms with Gasteiger partial charge in [-0.3, -0.25) is 4.79 Å². The van der Waals surface area contributed by atoms with Gasteiger partial charge >= 0.3 is 5.97 Å². The van der Waals surface area contributed by atoms with E-state index in [-0.39, 0.29) is 5.97 Å². The number of hydrogen-bond donors (Lipinski definition) is 1. The van der Waals surface area contributed by atoms with Crippen LogP contribution in [0.25, 0.3) is 0 Å². The van der Waals surface area contributed by atoms with Crippen molar-refractivity contribution in [1.29, 1.82) is 0 Å². The Hall–Kier alpha value is -1.51. The molecule has 0 bridgehead atoms. The van der Waals surface area contributed by atoms with Crippen LogP contribution in [0.1, 0.15) is 38.7 Å². The van der Waals surface area contributed by atoms with E-state index >= 15 is 0 Å². The average Bonchev–Trinajstić information content (AvgIpc) is 2.37. The number of nitrogen functional groups attached to an aromatic ring is 1. The fourth-order valence-corrected chi connectivity index (χ4v) is 1.80. The molecule has 1 aromatic rings. The number of anilines is 1. The van der Waals surface area contributed by atoms with Gasteiger partial charge in [-0.2, -0.15) is 0 Å². The third-order valence-corrected chi connectivity index (χ3v) is 3.20. The predicted octanol–water partition coefficient (Wildman–Crippen LogP) is 3.18. The number of nitrogens with two attached hydrogens (primary N) is 1. The molecule has 0 aliphatic heterocycles. The second kappa shape index (κ2) is 7.75. The van der Waals surface area contributed by atoms with E-state index in [9.17, 15) is 4.79 Å². The van der Waals surface area contributed by atoms with Crippen LogP contribution in [0.15, 0.2) is 24.3 Å². The molecule has 2 N–H and O–H groups in total.